The maximum atomic E-state index is 12.0. The van der Waals surface area contributed by atoms with Crippen molar-refractivity contribution in [3.05, 3.63) is 21.4 Å². The zero-order valence-electron chi connectivity index (χ0n) is 10.8. The summed E-state index contributed by atoms with van der Waals surface area (Å²) in [4.78, 5) is 24.8. The maximum absolute atomic E-state index is 12.0. The summed E-state index contributed by atoms with van der Waals surface area (Å²) >= 11 is 1.47. The van der Waals surface area contributed by atoms with E-state index in [-0.39, 0.29) is 12.5 Å². The van der Waals surface area contributed by atoms with Crippen LogP contribution in [0.5, 0.6) is 0 Å². The van der Waals surface area contributed by atoms with Crippen molar-refractivity contribution in [2.24, 2.45) is 0 Å². The van der Waals surface area contributed by atoms with Crippen LogP contribution >= 0.6 is 11.3 Å². The molecule has 1 atom stereocenters. The fraction of sp³-hybridized carbons (Fsp3) is 0.538. The highest BCUT2D eigenvalue weighted by atomic mass is 32.1. The molecule has 1 unspecified atom stereocenters. The van der Waals surface area contributed by atoms with Crippen LogP contribution in [0, 0.1) is 0 Å². The van der Waals surface area contributed by atoms with E-state index < -0.39 is 12.0 Å². The highest BCUT2D eigenvalue weighted by Crippen LogP contribution is 2.29. The first-order valence-electron chi connectivity index (χ1n) is 6.26. The van der Waals surface area contributed by atoms with Crippen LogP contribution in [0.3, 0.4) is 0 Å². The topological polar surface area (TPSA) is 75.6 Å². The molecule has 0 bridgehead atoms. The Kier molecular flexibility index (Phi) is 4.55. The third kappa shape index (κ3) is 3.33. The lowest BCUT2D eigenvalue weighted by Gasteiger charge is -2.12. The number of nitrogens with one attached hydrogen (secondary N) is 1. The summed E-state index contributed by atoms with van der Waals surface area (Å²) in [5.41, 5.74) is 1.24. The largest absolute Gasteiger partial charge is 0.480 e. The van der Waals surface area contributed by atoms with Crippen molar-refractivity contribution in [1.29, 1.82) is 0 Å². The van der Waals surface area contributed by atoms with Crippen LogP contribution in [0.15, 0.2) is 6.07 Å². The molecule has 0 saturated carbocycles. The minimum atomic E-state index is -1.09. The smallest absolute Gasteiger partial charge is 0.328 e. The summed E-state index contributed by atoms with van der Waals surface area (Å²) in [6, 6.07) is 0.886. The number of carbonyl (C=O) groups excluding carboxylic acids is 1. The number of carboxylic acid groups (broad SMARTS) is 1. The zero-order valence-corrected chi connectivity index (χ0v) is 11.6. The third-order valence-corrected chi connectivity index (χ3v) is 4.39. The van der Waals surface area contributed by atoms with Gasteiger partial charge in [-0.3, -0.25) is 4.79 Å². The highest BCUT2D eigenvalue weighted by molar-refractivity contribution is 7.14. The zero-order chi connectivity index (χ0) is 13.8. The average Bonchev–Trinajstić information content (AvgIpc) is 2.81. The number of fused-ring (bicyclic) bond motifs is 1. The standard InChI is InChI=1S/C13H17NO4S/c1-18-7-9(13(16)17)14-12(15)11-6-8-4-2-3-5-10(8)19-11/h6,9H,2-5,7H2,1H3,(H,14,15)(H,16,17). The van der Waals surface area contributed by atoms with Gasteiger partial charge in [0, 0.05) is 12.0 Å². The number of aryl methyl sites for hydroxylation is 2. The maximum Gasteiger partial charge on any atom is 0.328 e. The van der Waals surface area contributed by atoms with E-state index in [1.54, 1.807) is 0 Å². The minimum Gasteiger partial charge on any atom is -0.480 e. The van der Waals surface area contributed by atoms with E-state index in [1.807, 2.05) is 6.07 Å². The lowest BCUT2D eigenvalue weighted by Crippen LogP contribution is -2.43. The van der Waals surface area contributed by atoms with Gasteiger partial charge >= 0.3 is 5.97 Å². The Balaban J connectivity index is 2.06. The summed E-state index contributed by atoms with van der Waals surface area (Å²) in [5, 5.41) is 11.5. The summed E-state index contributed by atoms with van der Waals surface area (Å²) in [7, 11) is 1.41. The van der Waals surface area contributed by atoms with Gasteiger partial charge in [-0.15, -0.1) is 11.3 Å². The number of methoxy groups -OCH3 is 1. The Morgan fingerprint density at radius 3 is 2.84 bits per heavy atom. The van der Waals surface area contributed by atoms with E-state index >= 15 is 0 Å². The first-order chi connectivity index (χ1) is 9.11. The number of amides is 1. The van der Waals surface area contributed by atoms with Crippen LogP contribution in [-0.2, 0) is 22.4 Å². The van der Waals surface area contributed by atoms with Crippen LogP contribution in [-0.4, -0.2) is 36.7 Å². The first-order valence-corrected chi connectivity index (χ1v) is 7.07. The number of aliphatic carboxylic acids is 1. The summed E-state index contributed by atoms with van der Waals surface area (Å²) in [6.45, 7) is -0.0356. The molecule has 2 rings (SSSR count). The van der Waals surface area contributed by atoms with Crippen LogP contribution < -0.4 is 5.32 Å². The molecular formula is C13H17NO4S. The molecule has 6 heteroatoms. The molecule has 0 aromatic carbocycles. The molecule has 1 aliphatic carbocycles. The fourth-order valence-electron chi connectivity index (χ4n) is 2.17. The molecule has 5 nitrogen and oxygen atoms in total. The molecule has 2 N–H and O–H groups in total. The number of ether oxygens (including phenoxy) is 1. The minimum absolute atomic E-state index is 0.0356. The van der Waals surface area contributed by atoms with Gasteiger partial charge in [-0.1, -0.05) is 0 Å². The lowest BCUT2D eigenvalue weighted by atomic mass is 9.99. The number of thiophene rings is 1. The molecule has 1 heterocycles. The highest BCUT2D eigenvalue weighted by Gasteiger charge is 2.23. The molecule has 0 saturated heterocycles. The Bertz CT molecular complexity index is 459. The molecule has 0 aliphatic heterocycles. The Morgan fingerprint density at radius 1 is 1.47 bits per heavy atom. The van der Waals surface area contributed by atoms with Crippen molar-refractivity contribution in [2.75, 3.05) is 13.7 Å². The quantitative estimate of drug-likeness (QED) is 0.857. The number of rotatable bonds is 5. The summed E-state index contributed by atoms with van der Waals surface area (Å²) in [5.74, 6) is -1.42. The normalized spacial score (nSPS) is 15.6. The van der Waals surface area contributed by atoms with E-state index in [0.717, 1.165) is 25.7 Å². The van der Waals surface area contributed by atoms with E-state index in [2.05, 4.69) is 5.32 Å². The molecule has 1 amide bonds. The second-order valence-electron chi connectivity index (χ2n) is 4.59. The van der Waals surface area contributed by atoms with Gasteiger partial charge in [-0.05, 0) is 37.3 Å². The molecule has 1 aliphatic rings. The molecule has 1 aromatic rings. The second-order valence-corrected chi connectivity index (χ2v) is 5.72. The summed E-state index contributed by atoms with van der Waals surface area (Å²) < 4.78 is 4.79. The Labute approximate surface area is 115 Å². The SMILES string of the molecule is COCC(NC(=O)c1cc2c(s1)CCCC2)C(=O)O. The number of hydrogen-bond donors (Lipinski definition) is 2. The van der Waals surface area contributed by atoms with E-state index in [4.69, 9.17) is 9.84 Å². The van der Waals surface area contributed by atoms with Gasteiger partial charge in [0.25, 0.3) is 5.91 Å². The van der Waals surface area contributed by atoms with Crippen LogP contribution in [0.2, 0.25) is 0 Å². The predicted octanol–water partition coefficient (Wildman–Crippen LogP) is 1.46. The van der Waals surface area contributed by atoms with Gasteiger partial charge < -0.3 is 15.2 Å². The average molecular weight is 283 g/mol. The van der Waals surface area contributed by atoms with Crippen molar-refractivity contribution in [2.45, 2.75) is 31.7 Å². The van der Waals surface area contributed by atoms with Crippen molar-refractivity contribution < 1.29 is 19.4 Å². The molecule has 19 heavy (non-hydrogen) atoms. The first kappa shape index (κ1) is 14.0. The fourth-order valence-corrected chi connectivity index (χ4v) is 3.33. The summed E-state index contributed by atoms with van der Waals surface area (Å²) in [6.07, 6.45) is 4.36. The van der Waals surface area contributed by atoms with E-state index in [1.165, 1.54) is 28.9 Å². The van der Waals surface area contributed by atoms with Gasteiger partial charge in [0.05, 0.1) is 11.5 Å². The van der Waals surface area contributed by atoms with Gasteiger partial charge in [0.1, 0.15) is 0 Å². The molecule has 0 radical (unpaired) electrons. The molecule has 1 aromatic heterocycles. The molecule has 0 spiro atoms. The van der Waals surface area contributed by atoms with Crippen molar-refractivity contribution in [1.82, 2.24) is 5.32 Å². The number of carboxylic acids is 1. The van der Waals surface area contributed by atoms with Crippen LogP contribution in [0.4, 0.5) is 0 Å². The molecular weight excluding hydrogens is 266 g/mol. The van der Waals surface area contributed by atoms with Crippen LogP contribution in [0.1, 0.15) is 33.0 Å². The lowest BCUT2D eigenvalue weighted by molar-refractivity contribution is -0.140. The van der Waals surface area contributed by atoms with Gasteiger partial charge in [-0.2, -0.15) is 0 Å². The molecule has 0 fully saturated rings. The van der Waals surface area contributed by atoms with Crippen molar-refractivity contribution in [3.8, 4) is 0 Å². The van der Waals surface area contributed by atoms with Crippen LogP contribution in [0.25, 0.3) is 0 Å². The second kappa shape index (κ2) is 6.16. The van der Waals surface area contributed by atoms with E-state index in [0.29, 0.717) is 4.88 Å². The monoisotopic (exact) mass is 283 g/mol. The van der Waals surface area contributed by atoms with Gasteiger partial charge in [0.15, 0.2) is 6.04 Å². The van der Waals surface area contributed by atoms with Crippen molar-refractivity contribution in [3.63, 3.8) is 0 Å². The van der Waals surface area contributed by atoms with Gasteiger partial charge in [-0.25, -0.2) is 4.79 Å². The predicted molar refractivity (Wildman–Crippen MR) is 71.7 cm³/mol. The van der Waals surface area contributed by atoms with Gasteiger partial charge in [0.2, 0.25) is 0 Å². The Morgan fingerprint density at radius 2 is 2.21 bits per heavy atom. The third-order valence-electron chi connectivity index (χ3n) is 3.16. The van der Waals surface area contributed by atoms with E-state index in [9.17, 15) is 9.59 Å². The number of hydrogen-bond acceptors (Lipinski definition) is 4. The Hall–Kier alpha value is -1.40. The number of carbonyl (C=O) groups is 2. The molecule has 104 valence electrons. The van der Waals surface area contributed by atoms with Crippen molar-refractivity contribution >= 4 is 23.2 Å².